The number of aromatic amines is 1. The molecule has 1 aromatic heterocycles. The van der Waals surface area contributed by atoms with Crippen molar-refractivity contribution in [3.05, 3.63) is 58.0 Å². The van der Waals surface area contributed by atoms with Crippen molar-refractivity contribution >= 4 is 34.2 Å². The van der Waals surface area contributed by atoms with Crippen LogP contribution in [-0.4, -0.2) is 21.4 Å². The molecule has 0 aliphatic heterocycles. The third-order valence-electron chi connectivity index (χ3n) is 5.40. The standard InChI is InChI=1S/C22H24N4O3/c1-13-7-9-17(23-14(2)27)18(11-13)24-21(28)15-8-10-20-19(12-15)25-22(29)26(20)16-5-3-4-6-16/h7-12,16H,3-6H2,1-2H3,(H,23,27)(H,24,28)(H,25,29). The van der Waals surface area contributed by atoms with Crippen LogP contribution in [0.5, 0.6) is 0 Å². The van der Waals surface area contributed by atoms with E-state index in [9.17, 15) is 14.4 Å². The minimum absolute atomic E-state index is 0.129. The highest BCUT2D eigenvalue weighted by Gasteiger charge is 2.21. The molecule has 1 aliphatic rings. The first kappa shape index (κ1) is 19.0. The topological polar surface area (TPSA) is 96.0 Å². The van der Waals surface area contributed by atoms with Gasteiger partial charge in [0.2, 0.25) is 5.91 Å². The van der Waals surface area contributed by atoms with Crippen molar-refractivity contribution in [1.82, 2.24) is 9.55 Å². The van der Waals surface area contributed by atoms with E-state index in [2.05, 4.69) is 15.6 Å². The maximum Gasteiger partial charge on any atom is 0.326 e. The van der Waals surface area contributed by atoms with Gasteiger partial charge in [-0.3, -0.25) is 14.2 Å². The Morgan fingerprint density at radius 2 is 1.79 bits per heavy atom. The molecular weight excluding hydrogens is 368 g/mol. The molecule has 7 nitrogen and oxygen atoms in total. The van der Waals surface area contributed by atoms with E-state index in [0.717, 1.165) is 36.8 Å². The van der Waals surface area contributed by atoms with Crippen LogP contribution in [0, 0.1) is 6.92 Å². The number of nitrogens with zero attached hydrogens (tertiary/aromatic N) is 1. The second-order valence-corrected chi connectivity index (χ2v) is 7.65. The molecule has 7 heteroatoms. The van der Waals surface area contributed by atoms with Gasteiger partial charge < -0.3 is 15.6 Å². The molecule has 1 saturated carbocycles. The van der Waals surface area contributed by atoms with Crippen LogP contribution in [0.1, 0.15) is 54.6 Å². The molecule has 150 valence electrons. The van der Waals surface area contributed by atoms with Crippen LogP contribution in [0.25, 0.3) is 11.0 Å². The molecular formula is C22H24N4O3. The first-order valence-corrected chi connectivity index (χ1v) is 9.86. The maximum atomic E-state index is 12.8. The van der Waals surface area contributed by atoms with Gasteiger partial charge in [0.25, 0.3) is 5.91 Å². The second-order valence-electron chi connectivity index (χ2n) is 7.65. The minimum atomic E-state index is -0.307. The fourth-order valence-electron chi connectivity index (χ4n) is 4.05. The smallest absolute Gasteiger partial charge is 0.325 e. The zero-order chi connectivity index (χ0) is 20.5. The lowest BCUT2D eigenvalue weighted by atomic mass is 10.1. The first-order chi connectivity index (χ1) is 13.9. The molecule has 2 aromatic carbocycles. The Kier molecular flexibility index (Phi) is 4.96. The number of carbonyl (C=O) groups excluding carboxylic acids is 2. The van der Waals surface area contributed by atoms with Crippen molar-refractivity contribution < 1.29 is 9.59 Å². The van der Waals surface area contributed by atoms with Crippen molar-refractivity contribution in [2.24, 2.45) is 0 Å². The summed E-state index contributed by atoms with van der Waals surface area (Å²) in [6.07, 6.45) is 4.29. The monoisotopic (exact) mass is 392 g/mol. The number of carbonyl (C=O) groups is 2. The number of fused-ring (bicyclic) bond motifs is 1. The summed E-state index contributed by atoms with van der Waals surface area (Å²) in [6, 6.07) is 10.9. The molecule has 2 amide bonds. The van der Waals surface area contributed by atoms with Crippen LogP contribution in [-0.2, 0) is 4.79 Å². The van der Waals surface area contributed by atoms with Gasteiger partial charge in [0, 0.05) is 18.5 Å². The maximum absolute atomic E-state index is 12.8. The molecule has 0 spiro atoms. The third-order valence-corrected chi connectivity index (χ3v) is 5.40. The minimum Gasteiger partial charge on any atom is -0.325 e. The molecule has 0 atom stereocenters. The van der Waals surface area contributed by atoms with Gasteiger partial charge in [0.15, 0.2) is 0 Å². The summed E-state index contributed by atoms with van der Waals surface area (Å²) >= 11 is 0. The summed E-state index contributed by atoms with van der Waals surface area (Å²) < 4.78 is 1.82. The highest BCUT2D eigenvalue weighted by Crippen LogP contribution is 2.31. The number of benzene rings is 2. The van der Waals surface area contributed by atoms with Crippen LogP contribution in [0.15, 0.2) is 41.2 Å². The number of hydrogen-bond acceptors (Lipinski definition) is 3. The second kappa shape index (κ2) is 7.58. The average Bonchev–Trinajstić information content (AvgIpc) is 3.29. The fraction of sp³-hybridized carbons (Fsp3) is 0.318. The molecule has 3 N–H and O–H groups in total. The number of aromatic nitrogens is 2. The predicted molar refractivity (Wildman–Crippen MR) is 113 cm³/mol. The SMILES string of the molecule is CC(=O)Nc1ccc(C)cc1NC(=O)c1ccc2c(c1)[nH]c(=O)n2C1CCCC1. The van der Waals surface area contributed by atoms with Gasteiger partial charge in [0.1, 0.15) is 0 Å². The Bertz CT molecular complexity index is 1150. The molecule has 0 unspecified atom stereocenters. The molecule has 0 saturated heterocycles. The van der Waals surface area contributed by atoms with E-state index in [0.29, 0.717) is 22.5 Å². The Morgan fingerprint density at radius 1 is 1.03 bits per heavy atom. The van der Waals surface area contributed by atoms with Gasteiger partial charge >= 0.3 is 5.69 Å². The highest BCUT2D eigenvalue weighted by atomic mass is 16.2. The number of aryl methyl sites for hydroxylation is 1. The van der Waals surface area contributed by atoms with E-state index in [1.165, 1.54) is 6.92 Å². The molecule has 3 aromatic rings. The summed E-state index contributed by atoms with van der Waals surface area (Å²) in [5.41, 5.74) is 3.82. The quantitative estimate of drug-likeness (QED) is 0.627. The Morgan fingerprint density at radius 3 is 2.52 bits per heavy atom. The van der Waals surface area contributed by atoms with E-state index < -0.39 is 0 Å². The number of H-pyrrole nitrogens is 1. The lowest BCUT2D eigenvalue weighted by Crippen LogP contribution is -2.20. The Hall–Kier alpha value is -3.35. The summed E-state index contributed by atoms with van der Waals surface area (Å²) in [5.74, 6) is -0.518. The number of anilines is 2. The number of nitrogens with one attached hydrogen (secondary N) is 3. The summed E-state index contributed by atoms with van der Waals surface area (Å²) in [5, 5.41) is 5.59. The number of amides is 2. The van der Waals surface area contributed by atoms with E-state index in [-0.39, 0.29) is 23.5 Å². The van der Waals surface area contributed by atoms with Crippen LogP contribution in [0.2, 0.25) is 0 Å². The molecule has 29 heavy (non-hydrogen) atoms. The Labute approximate surface area is 168 Å². The fourth-order valence-corrected chi connectivity index (χ4v) is 4.05. The highest BCUT2D eigenvalue weighted by molar-refractivity contribution is 6.08. The summed E-state index contributed by atoms with van der Waals surface area (Å²) in [6.45, 7) is 3.33. The number of rotatable bonds is 4. The van der Waals surface area contributed by atoms with Gasteiger partial charge in [-0.15, -0.1) is 0 Å². The van der Waals surface area contributed by atoms with Gasteiger partial charge in [-0.2, -0.15) is 0 Å². The van der Waals surface area contributed by atoms with E-state index in [1.54, 1.807) is 24.3 Å². The number of hydrogen-bond donors (Lipinski definition) is 3. The largest absolute Gasteiger partial charge is 0.326 e. The lowest BCUT2D eigenvalue weighted by Gasteiger charge is -2.13. The van der Waals surface area contributed by atoms with E-state index in [4.69, 9.17) is 0 Å². The Balaban J connectivity index is 1.64. The predicted octanol–water partition coefficient (Wildman–Crippen LogP) is 3.96. The van der Waals surface area contributed by atoms with Gasteiger partial charge in [-0.25, -0.2) is 4.79 Å². The molecule has 0 radical (unpaired) electrons. The zero-order valence-electron chi connectivity index (χ0n) is 16.5. The van der Waals surface area contributed by atoms with E-state index in [1.807, 2.05) is 23.6 Å². The lowest BCUT2D eigenvalue weighted by molar-refractivity contribution is -0.114. The van der Waals surface area contributed by atoms with Gasteiger partial charge in [-0.05, 0) is 55.7 Å². The number of imidazole rings is 1. The van der Waals surface area contributed by atoms with Crippen LogP contribution in [0.4, 0.5) is 11.4 Å². The van der Waals surface area contributed by atoms with Crippen molar-refractivity contribution in [3.8, 4) is 0 Å². The van der Waals surface area contributed by atoms with Crippen molar-refractivity contribution in [1.29, 1.82) is 0 Å². The van der Waals surface area contributed by atoms with Crippen LogP contribution in [0.3, 0.4) is 0 Å². The van der Waals surface area contributed by atoms with Gasteiger partial charge in [-0.1, -0.05) is 18.9 Å². The molecule has 0 bridgehead atoms. The molecule has 1 aliphatic carbocycles. The van der Waals surface area contributed by atoms with Crippen LogP contribution < -0.4 is 16.3 Å². The molecule has 1 fully saturated rings. The third kappa shape index (κ3) is 3.81. The molecule has 1 heterocycles. The van der Waals surface area contributed by atoms with Gasteiger partial charge in [0.05, 0.1) is 22.4 Å². The van der Waals surface area contributed by atoms with Crippen molar-refractivity contribution in [2.45, 2.75) is 45.6 Å². The van der Waals surface area contributed by atoms with Crippen LogP contribution >= 0.6 is 0 Å². The normalized spacial score (nSPS) is 14.3. The molecule has 4 rings (SSSR count). The first-order valence-electron chi connectivity index (χ1n) is 9.86. The average molecular weight is 392 g/mol. The summed E-state index contributed by atoms with van der Waals surface area (Å²) in [7, 11) is 0. The van der Waals surface area contributed by atoms with E-state index >= 15 is 0 Å². The zero-order valence-corrected chi connectivity index (χ0v) is 16.5. The van der Waals surface area contributed by atoms with Crippen molar-refractivity contribution in [3.63, 3.8) is 0 Å². The van der Waals surface area contributed by atoms with Crippen molar-refractivity contribution in [2.75, 3.05) is 10.6 Å². The summed E-state index contributed by atoms with van der Waals surface area (Å²) in [4.78, 5) is 39.6.